The molecule has 1 fully saturated rings. The third-order valence-electron chi connectivity index (χ3n) is 2.00. The first-order chi connectivity index (χ1) is 4.77. The van der Waals surface area contributed by atoms with Crippen LogP contribution in [0.15, 0.2) is 0 Å². The van der Waals surface area contributed by atoms with Crippen molar-refractivity contribution >= 4 is 8.32 Å². The fourth-order valence-electron chi connectivity index (χ4n) is 1.30. The first-order valence-corrected chi connectivity index (χ1v) is 6.60. The molecule has 3 heteroatoms. The van der Waals surface area contributed by atoms with Gasteiger partial charge in [-0.05, 0) is 19.0 Å². The number of nitrogens with zero attached hydrogens (tertiary/aromatic N) is 1. The van der Waals surface area contributed by atoms with Crippen molar-refractivity contribution in [1.29, 1.82) is 5.26 Å². The molecule has 1 atom stereocenters. The molecule has 0 aliphatic carbocycles. The smallest absolute Gasteiger partial charge is 0.203 e. The van der Waals surface area contributed by atoms with Gasteiger partial charge in [0.05, 0.1) is 12.1 Å². The van der Waals surface area contributed by atoms with Crippen LogP contribution in [0.2, 0.25) is 18.6 Å². The van der Waals surface area contributed by atoms with Crippen LogP contribution >= 0.6 is 0 Å². The second-order valence-corrected chi connectivity index (χ2v) is 7.13. The quantitative estimate of drug-likeness (QED) is 0.542. The molecule has 1 heterocycles. The summed E-state index contributed by atoms with van der Waals surface area (Å²) < 4.78 is 5.62. The summed E-state index contributed by atoms with van der Waals surface area (Å²) in [6.07, 6.45) is 2.46. The fourth-order valence-corrected chi connectivity index (χ4v) is 3.69. The summed E-state index contributed by atoms with van der Waals surface area (Å²) in [5, 5.41) is 8.49. The molecule has 1 saturated heterocycles. The topological polar surface area (TPSA) is 33.0 Å². The first kappa shape index (κ1) is 7.77. The summed E-state index contributed by atoms with van der Waals surface area (Å²) in [7, 11) is -1.50. The molecule has 56 valence electrons. The molecule has 1 aliphatic heterocycles. The Hall–Kier alpha value is -0.333. The zero-order valence-corrected chi connectivity index (χ0v) is 7.39. The molecule has 0 N–H and O–H groups in total. The lowest BCUT2D eigenvalue weighted by Crippen LogP contribution is -2.37. The molecule has 0 aromatic rings. The van der Waals surface area contributed by atoms with Crippen LogP contribution in [0.25, 0.3) is 0 Å². The molecule has 0 aromatic carbocycles. The molecule has 10 heavy (non-hydrogen) atoms. The van der Waals surface area contributed by atoms with Crippen molar-refractivity contribution in [2.45, 2.75) is 31.5 Å². The van der Waals surface area contributed by atoms with Crippen molar-refractivity contribution in [1.82, 2.24) is 0 Å². The minimum absolute atomic E-state index is 0.674. The van der Waals surface area contributed by atoms with Gasteiger partial charge in [0.25, 0.3) is 0 Å². The summed E-state index contributed by atoms with van der Waals surface area (Å²) in [5.74, 6) is 0. The van der Waals surface area contributed by atoms with Gasteiger partial charge in [0.2, 0.25) is 8.32 Å². The Balaban J connectivity index is 2.42. The van der Waals surface area contributed by atoms with Gasteiger partial charge in [-0.25, -0.2) is 0 Å². The van der Waals surface area contributed by atoms with E-state index in [9.17, 15) is 0 Å². The predicted molar refractivity (Wildman–Crippen MR) is 42.0 cm³/mol. The molecule has 0 bridgehead atoms. The lowest BCUT2D eigenvalue weighted by Gasteiger charge is -2.28. The van der Waals surface area contributed by atoms with E-state index in [0.29, 0.717) is 6.04 Å². The molecule has 1 unspecified atom stereocenters. The van der Waals surface area contributed by atoms with E-state index in [0.717, 1.165) is 6.61 Å². The van der Waals surface area contributed by atoms with E-state index in [2.05, 4.69) is 12.6 Å². The largest absolute Gasteiger partial charge is 0.416 e. The molecule has 0 amide bonds. The van der Waals surface area contributed by atoms with Crippen molar-refractivity contribution in [3.8, 4) is 6.07 Å². The molecular formula is C7H13NOSi. The highest BCUT2D eigenvalue weighted by molar-refractivity contribution is 6.73. The van der Waals surface area contributed by atoms with Gasteiger partial charge in [0.15, 0.2) is 0 Å². The Bertz CT molecular complexity index is 146. The van der Waals surface area contributed by atoms with Gasteiger partial charge in [0.1, 0.15) is 0 Å². The fraction of sp³-hybridized carbons (Fsp3) is 0.857. The molecule has 0 radical (unpaired) electrons. The van der Waals surface area contributed by atoms with Gasteiger partial charge in [0, 0.05) is 6.61 Å². The van der Waals surface area contributed by atoms with Crippen LogP contribution in [0, 0.1) is 11.3 Å². The van der Waals surface area contributed by atoms with E-state index in [1.54, 1.807) is 0 Å². The predicted octanol–water partition coefficient (Wildman–Crippen LogP) is 1.90. The molecule has 2 nitrogen and oxygen atoms in total. The lowest BCUT2D eigenvalue weighted by atomic mass is 10.4. The number of hydrogen-bond acceptors (Lipinski definition) is 2. The van der Waals surface area contributed by atoms with Gasteiger partial charge in [-0.15, -0.1) is 0 Å². The Morgan fingerprint density at radius 1 is 1.60 bits per heavy atom. The summed E-state index contributed by atoms with van der Waals surface area (Å²) in [6, 6.07) is 4.07. The second kappa shape index (κ2) is 3.18. The Kier molecular flexibility index (Phi) is 2.47. The van der Waals surface area contributed by atoms with Gasteiger partial charge in [-0.2, -0.15) is 5.26 Å². The molecule has 1 aliphatic rings. The zero-order chi connectivity index (χ0) is 7.45. The van der Waals surface area contributed by atoms with E-state index in [-0.39, 0.29) is 0 Å². The number of hydrogen-bond donors (Lipinski definition) is 0. The summed E-state index contributed by atoms with van der Waals surface area (Å²) in [4.78, 5) is 0. The normalized spacial score (nSPS) is 33.2. The van der Waals surface area contributed by atoms with E-state index in [1.807, 2.05) is 0 Å². The van der Waals surface area contributed by atoms with Crippen molar-refractivity contribution in [3.63, 3.8) is 0 Å². The molecule has 1 rings (SSSR count). The van der Waals surface area contributed by atoms with Crippen LogP contribution in [0.4, 0.5) is 0 Å². The maximum Gasteiger partial charge on any atom is 0.203 e. The molecular weight excluding hydrogens is 142 g/mol. The first-order valence-electron chi connectivity index (χ1n) is 3.78. The monoisotopic (exact) mass is 155 g/mol. The van der Waals surface area contributed by atoms with Crippen LogP contribution in [0.5, 0.6) is 0 Å². The van der Waals surface area contributed by atoms with Gasteiger partial charge in [-0.1, -0.05) is 6.42 Å². The highest BCUT2D eigenvalue weighted by Crippen LogP contribution is 2.24. The standard InChI is InChI=1S/C7H13NOSi/c1-10(7-4-8)6-3-2-5-9-10/h2-3,5-7H2,1H3. The Labute approximate surface area is 62.9 Å². The third-order valence-corrected chi connectivity index (χ3v) is 5.22. The highest BCUT2D eigenvalue weighted by atomic mass is 28.4. The van der Waals surface area contributed by atoms with E-state index >= 15 is 0 Å². The SMILES string of the molecule is C[Si]1(CC#N)CCCCO1. The summed E-state index contributed by atoms with van der Waals surface area (Å²) >= 11 is 0. The summed E-state index contributed by atoms with van der Waals surface area (Å²) in [6.45, 7) is 3.06. The second-order valence-electron chi connectivity index (χ2n) is 3.09. The molecule has 0 aromatic heterocycles. The van der Waals surface area contributed by atoms with Crippen molar-refractivity contribution in [2.75, 3.05) is 6.61 Å². The van der Waals surface area contributed by atoms with Crippen LogP contribution in [-0.2, 0) is 4.43 Å². The highest BCUT2D eigenvalue weighted by Gasteiger charge is 2.30. The van der Waals surface area contributed by atoms with Crippen LogP contribution in [0.1, 0.15) is 12.8 Å². The minimum atomic E-state index is -1.50. The van der Waals surface area contributed by atoms with Crippen molar-refractivity contribution in [3.05, 3.63) is 0 Å². The van der Waals surface area contributed by atoms with Gasteiger partial charge >= 0.3 is 0 Å². The third kappa shape index (κ3) is 1.82. The van der Waals surface area contributed by atoms with Crippen LogP contribution in [-0.4, -0.2) is 14.9 Å². The van der Waals surface area contributed by atoms with Gasteiger partial charge in [-0.3, -0.25) is 0 Å². The molecule has 0 saturated carbocycles. The molecule has 0 spiro atoms. The van der Waals surface area contributed by atoms with Gasteiger partial charge < -0.3 is 4.43 Å². The van der Waals surface area contributed by atoms with Crippen molar-refractivity contribution < 1.29 is 4.43 Å². The van der Waals surface area contributed by atoms with E-state index in [1.165, 1.54) is 18.9 Å². The zero-order valence-electron chi connectivity index (χ0n) is 6.39. The minimum Gasteiger partial charge on any atom is -0.416 e. The number of rotatable bonds is 1. The lowest BCUT2D eigenvalue weighted by molar-refractivity contribution is 0.272. The maximum atomic E-state index is 8.49. The Morgan fingerprint density at radius 3 is 2.90 bits per heavy atom. The average Bonchev–Trinajstić information content (AvgIpc) is 1.89. The average molecular weight is 155 g/mol. The summed E-state index contributed by atoms with van der Waals surface area (Å²) in [5.41, 5.74) is 0. The number of nitriles is 1. The van der Waals surface area contributed by atoms with Crippen LogP contribution < -0.4 is 0 Å². The Morgan fingerprint density at radius 2 is 2.40 bits per heavy atom. The van der Waals surface area contributed by atoms with E-state index < -0.39 is 8.32 Å². The maximum absolute atomic E-state index is 8.49. The van der Waals surface area contributed by atoms with Crippen molar-refractivity contribution in [2.24, 2.45) is 0 Å². The van der Waals surface area contributed by atoms with E-state index in [4.69, 9.17) is 9.69 Å². The van der Waals surface area contributed by atoms with Crippen LogP contribution in [0.3, 0.4) is 0 Å².